The Labute approximate surface area is 163 Å². The van der Waals surface area contributed by atoms with Gasteiger partial charge in [-0.25, -0.2) is 0 Å². The standard InChI is InChI=1S/C24H20N2O2/c1-15-8-9-21(16(2)10-15)26-22-12-18(17-6-4-3-5-7-17)13-23(27)20(22)11-19(14-25)24(26)28/h3-11,18H,12-13H2,1-2H3/t18-/m0/s1. The first kappa shape index (κ1) is 17.9. The molecule has 0 aliphatic heterocycles. The van der Waals surface area contributed by atoms with E-state index in [0.717, 1.165) is 22.4 Å². The van der Waals surface area contributed by atoms with Gasteiger partial charge in [0, 0.05) is 17.7 Å². The molecule has 0 N–H and O–H groups in total. The highest BCUT2D eigenvalue weighted by Crippen LogP contribution is 2.33. The second-order valence-electron chi connectivity index (χ2n) is 7.40. The first-order chi connectivity index (χ1) is 13.5. The Balaban J connectivity index is 1.97. The first-order valence-corrected chi connectivity index (χ1v) is 9.34. The van der Waals surface area contributed by atoms with Gasteiger partial charge in [0.2, 0.25) is 0 Å². The molecule has 0 saturated carbocycles. The van der Waals surface area contributed by atoms with Crippen molar-refractivity contribution in [2.24, 2.45) is 0 Å². The van der Waals surface area contributed by atoms with Crippen LogP contribution in [0.2, 0.25) is 0 Å². The quantitative estimate of drug-likeness (QED) is 0.680. The zero-order chi connectivity index (χ0) is 19.8. The minimum absolute atomic E-state index is 0.00485. The lowest BCUT2D eigenvalue weighted by Gasteiger charge is -2.27. The lowest BCUT2D eigenvalue weighted by Crippen LogP contribution is -2.32. The summed E-state index contributed by atoms with van der Waals surface area (Å²) in [7, 11) is 0. The van der Waals surface area contributed by atoms with Crippen molar-refractivity contribution < 1.29 is 4.79 Å². The van der Waals surface area contributed by atoms with E-state index >= 15 is 0 Å². The number of fused-ring (bicyclic) bond motifs is 1. The van der Waals surface area contributed by atoms with Gasteiger partial charge in [0.1, 0.15) is 11.6 Å². The largest absolute Gasteiger partial charge is 0.294 e. The maximum Gasteiger partial charge on any atom is 0.273 e. The van der Waals surface area contributed by atoms with Gasteiger partial charge in [0.05, 0.1) is 5.69 Å². The molecule has 0 unspecified atom stereocenters. The first-order valence-electron chi connectivity index (χ1n) is 9.34. The third-order valence-electron chi connectivity index (χ3n) is 5.46. The molecule has 1 aliphatic rings. The monoisotopic (exact) mass is 368 g/mol. The number of hydrogen-bond acceptors (Lipinski definition) is 3. The van der Waals surface area contributed by atoms with Crippen molar-refractivity contribution in [1.29, 1.82) is 5.26 Å². The molecule has 4 heteroatoms. The molecular formula is C24H20N2O2. The number of aromatic nitrogens is 1. The van der Waals surface area contributed by atoms with Gasteiger partial charge < -0.3 is 0 Å². The van der Waals surface area contributed by atoms with Crippen LogP contribution < -0.4 is 5.56 Å². The number of ketones is 1. The number of aryl methyl sites for hydroxylation is 2. The number of carbonyl (C=O) groups is 1. The normalized spacial score (nSPS) is 15.8. The van der Waals surface area contributed by atoms with Gasteiger partial charge in [-0.15, -0.1) is 0 Å². The Morgan fingerprint density at radius 2 is 1.75 bits per heavy atom. The van der Waals surface area contributed by atoms with E-state index in [9.17, 15) is 14.9 Å². The highest BCUT2D eigenvalue weighted by Gasteiger charge is 2.30. The zero-order valence-corrected chi connectivity index (χ0v) is 15.9. The number of hydrogen-bond donors (Lipinski definition) is 0. The molecule has 4 nitrogen and oxygen atoms in total. The van der Waals surface area contributed by atoms with Crippen LogP contribution in [-0.4, -0.2) is 10.4 Å². The summed E-state index contributed by atoms with van der Waals surface area (Å²) in [5.74, 6) is -0.00402. The van der Waals surface area contributed by atoms with Gasteiger partial charge in [0.15, 0.2) is 5.78 Å². The lowest BCUT2D eigenvalue weighted by atomic mass is 9.81. The molecule has 2 aromatic carbocycles. The third kappa shape index (κ3) is 2.95. The smallest absolute Gasteiger partial charge is 0.273 e. The molecule has 3 aromatic rings. The molecule has 0 saturated heterocycles. The number of nitrogens with zero attached hydrogens (tertiary/aromatic N) is 2. The van der Waals surface area contributed by atoms with E-state index in [1.807, 2.05) is 68.4 Å². The van der Waals surface area contributed by atoms with Crippen LogP contribution in [0.15, 0.2) is 59.4 Å². The van der Waals surface area contributed by atoms with Crippen LogP contribution in [-0.2, 0) is 6.42 Å². The van der Waals surface area contributed by atoms with Crippen molar-refractivity contribution in [1.82, 2.24) is 4.57 Å². The molecule has 0 bridgehead atoms. The van der Waals surface area contributed by atoms with Gasteiger partial charge in [0.25, 0.3) is 5.56 Å². The summed E-state index contributed by atoms with van der Waals surface area (Å²) in [6, 6.07) is 19.2. The molecule has 1 aromatic heterocycles. The number of nitriles is 1. The summed E-state index contributed by atoms with van der Waals surface area (Å²) in [6.45, 7) is 3.94. The summed E-state index contributed by atoms with van der Waals surface area (Å²) in [6.07, 6.45) is 0.965. The molecule has 28 heavy (non-hydrogen) atoms. The van der Waals surface area contributed by atoms with Crippen LogP contribution >= 0.6 is 0 Å². The van der Waals surface area contributed by atoms with Crippen molar-refractivity contribution in [3.05, 3.63) is 98.5 Å². The highest BCUT2D eigenvalue weighted by molar-refractivity contribution is 5.99. The average Bonchev–Trinajstić information content (AvgIpc) is 2.69. The molecule has 1 atom stereocenters. The summed E-state index contributed by atoms with van der Waals surface area (Å²) in [4.78, 5) is 26.0. The van der Waals surface area contributed by atoms with Gasteiger partial charge >= 0.3 is 0 Å². The number of carbonyl (C=O) groups excluding carboxylic acids is 1. The van der Waals surface area contributed by atoms with Crippen LogP contribution in [0.3, 0.4) is 0 Å². The summed E-state index contributed by atoms with van der Waals surface area (Å²) >= 11 is 0. The molecular weight excluding hydrogens is 348 g/mol. The summed E-state index contributed by atoms with van der Waals surface area (Å²) in [5, 5.41) is 9.45. The number of Topliss-reactive ketones (excluding diaryl/α,β-unsaturated/α-hetero) is 1. The van der Waals surface area contributed by atoms with E-state index in [2.05, 4.69) is 0 Å². The molecule has 138 valence electrons. The second-order valence-corrected chi connectivity index (χ2v) is 7.40. The van der Waals surface area contributed by atoms with E-state index in [4.69, 9.17) is 0 Å². The molecule has 0 amide bonds. The second kappa shape index (κ2) is 6.94. The Kier molecular flexibility index (Phi) is 4.44. The SMILES string of the molecule is Cc1ccc(-n2c3c(cc(C#N)c2=O)C(=O)C[C@@H](c2ccccc2)C3)c(C)c1. The van der Waals surface area contributed by atoms with Crippen LogP contribution in [0.25, 0.3) is 5.69 Å². The van der Waals surface area contributed by atoms with Crippen molar-refractivity contribution in [3.63, 3.8) is 0 Å². The van der Waals surface area contributed by atoms with Crippen LogP contribution in [0, 0.1) is 25.2 Å². The Hall–Kier alpha value is -3.45. The van der Waals surface area contributed by atoms with Crippen molar-refractivity contribution in [3.8, 4) is 11.8 Å². The number of benzene rings is 2. The fraction of sp³-hybridized carbons (Fsp3) is 0.208. The van der Waals surface area contributed by atoms with Crippen LogP contribution in [0.1, 0.15) is 50.6 Å². The average molecular weight is 368 g/mol. The Bertz CT molecular complexity index is 1180. The van der Waals surface area contributed by atoms with E-state index in [0.29, 0.717) is 24.1 Å². The number of pyridine rings is 1. The van der Waals surface area contributed by atoms with E-state index in [1.165, 1.54) is 6.07 Å². The topological polar surface area (TPSA) is 62.9 Å². The molecule has 1 aliphatic carbocycles. The van der Waals surface area contributed by atoms with Crippen molar-refractivity contribution in [2.45, 2.75) is 32.6 Å². The fourth-order valence-corrected chi connectivity index (χ4v) is 4.09. The van der Waals surface area contributed by atoms with Crippen molar-refractivity contribution >= 4 is 5.78 Å². The van der Waals surface area contributed by atoms with E-state index in [-0.39, 0.29) is 22.8 Å². The third-order valence-corrected chi connectivity index (χ3v) is 5.46. The maximum atomic E-state index is 13.1. The summed E-state index contributed by atoms with van der Waals surface area (Å²) < 4.78 is 1.58. The predicted molar refractivity (Wildman–Crippen MR) is 108 cm³/mol. The molecule has 4 rings (SSSR count). The van der Waals surface area contributed by atoms with Crippen molar-refractivity contribution in [2.75, 3.05) is 0 Å². The van der Waals surface area contributed by atoms with E-state index < -0.39 is 0 Å². The van der Waals surface area contributed by atoms with Gasteiger partial charge in [-0.3, -0.25) is 14.2 Å². The predicted octanol–water partition coefficient (Wildman–Crippen LogP) is 4.24. The minimum atomic E-state index is -0.366. The highest BCUT2D eigenvalue weighted by atomic mass is 16.1. The van der Waals surface area contributed by atoms with Crippen LogP contribution in [0.4, 0.5) is 0 Å². The lowest BCUT2D eigenvalue weighted by molar-refractivity contribution is 0.0962. The van der Waals surface area contributed by atoms with Gasteiger partial charge in [-0.2, -0.15) is 5.26 Å². The van der Waals surface area contributed by atoms with Crippen LogP contribution in [0.5, 0.6) is 0 Å². The summed E-state index contributed by atoms with van der Waals surface area (Å²) in [5.41, 5.74) is 4.67. The minimum Gasteiger partial charge on any atom is -0.294 e. The molecule has 1 heterocycles. The maximum absolute atomic E-state index is 13.1. The van der Waals surface area contributed by atoms with Gasteiger partial charge in [-0.1, -0.05) is 48.0 Å². The zero-order valence-electron chi connectivity index (χ0n) is 15.9. The molecule has 0 spiro atoms. The Morgan fingerprint density at radius 3 is 2.43 bits per heavy atom. The fourth-order valence-electron chi connectivity index (χ4n) is 4.09. The Morgan fingerprint density at radius 1 is 1.00 bits per heavy atom. The molecule has 0 radical (unpaired) electrons. The number of rotatable bonds is 2. The molecule has 0 fully saturated rings. The van der Waals surface area contributed by atoms with Gasteiger partial charge in [-0.05, 0) is 49.4 Å². The van der Waals surface area contributed by atoms with E-state index in [1.54, 1.807) is 4.57 Å².